The van der Waals surface area contributed by atoms with Crippen molar-refractivity contribution in [3.05, 3.63) is 34.9 Å². The van der Waals surface area contributed by atoms with Crippen LogP contribution in [0.5, 0.6) is 0 Å². The van der Waals surface area contributed by atoms with Gasteiger partial charge in [0.25, 0.3) is 0 Å². The number of hydrogen-bond donors (Lipinski definition) is 2. The van der Waals surface area contributed by atoms with E-state index in [4.69, 9.17) is 11.6 Å². The standard InChI is InChI=1S/C18H29ClN4/c1-3-10-21-18(20-2)22-13-15-8-11-23(12-9-15)14-16-6-4-5-7-17(16)19/h4-7,15H,3,8-14H2,1-2H3,(H2,20,21,22). The van der Waals surface area contributed by atoms with Crippen LogP contribution in [0.15, 0.2) is 29.3 Å². The summed E-state index contributed by atoms with van der Waals surface area (Å²) in [4.78, 5) is 6.76. The molecule has 2 N–H and O–H groups in total. The van der Waals surface area contributed by atoms with Crippen molar-refractivity contribution in [2.45, 2.75) is 32.7 Å². The molecule has 1 aromatic rings. The van der Waals surface area contributed by atoms with Gasteiger partial charge in [0, 0.05) is 31.7 Å². The summed E-state index contributed by atoms with van der Waals surface area (Å²) in [6.45, 7) is 7.37. The molecule has 0 atom stereocenters. The van der Waals surface area contributed by atoms with Crippen LogP contribution in [0.1, 0.15) is 31.7 Å². The van der Waals surface area contributed by atoms with E-state index in [0.29, 0.717) is 0 Å². The number of halogens is 1. The average Bonchev–Trinajstić information content (AvgIpc) is 2.58. The van der Waals surface area contributed by atoms with Gasteiger partial charge in [-0.25, -0.2) is 0 Å². The van der Waals surface area contributed by atoms with Gasteiger partial charge in [-0.05, 0) is 49.9 Å². The predicted octanol–water partition coefficient (Wildman–Crippen LogP) is 3.13. The highest BCUT2D eigenvalue weighted by molar-refractivity contribution is 6.31. The number of hydrogen-bond acceptors (Lipinski definition) is 2. The molecule has 128 valence electrons. The van der Waals surface area contributed by atoms with Gasteiger partial charge < -0.3 is 10.6 Å². The number of guanidine groups is 1. The van der Waals surface area contributed by atoms with Gasteiger partial charge in [-0.15, -0.1) is 0 Å². The second kappa shape index (κ2) is 9.78. The molecule has 0 spiro atoms. The Balaban J connectivity index is 1.70. The van der Waals surface area contributed by atoms with Crippen LogP contribution in [0.3, 0.4) is 0 Å². The topological polar surface area (TPSA) is 39.7 Å². The highest BCUT2D eigenvalue weighted by atomic mass is 35.5. The second-order valence-corrected chi connectivity index (χ2v) is 6.60. The van der Waals surface area contributed by atoms with E-state index < -0.39 is 0 Å². The number of nitrogens with zero attached hydrogens (tertiary/aromatic N) is 2. The second-order valence-electron chi connectivity index (χ2n) is 6.19. The minimum atomic E-state index is 0.720. The molecule has 4 nitrogen and oxygen atoms in total. The molecular weight excluding hydrogens is 308 g/mol. The Hall–Kier alpha value is -1.26. The maximum Gasteiger partial charge on any atom is 0.190 e. The molecule has 23 heavy (non-hydrogen) atoms. The number of nitrogens with one attached hydrogen (secondary N) is 2. The predicted molar refractivity (Wildman–Crippen MR) is 99.1 cm³/mol. The number of aliphatic imine (C=N–C) groups is 1. The molecule has 2 rings (SSSR count). The Morgan fingerprint density at radius 1 is 1.26 bits per heavy atom. The molecule has 1 aliphatic rings. The summed E-state index contributed by atoms with van der Waals surface area (Å²) < 4.78 is 0. The maximum absolute atomic E-state index is 6.26. The van der Waals surface area contributed by atoms with Crippen molar-refractivity contribution >= 4 is 17.6 Å². The third-order valence-electron chi connectivity index (χ3n) is 4.38. The van der Waals surface area contributed by atoms with Gasteiger partial charge >= 0.3 is 0 Å². The van der Waals surface area contributed by atoms with Crippen LogP contribution in [-0.2, 0) is 6.54 Å². The van der Waals surface area contributed by atoms with E-state index in [-0.39, 0.29) is 0 Å². The molecule has 0 unspecified atom stereocenters. The minimum absolute atomic E-state index is 0.720. The van der Waals surface area contributed by atoms with Crippen molar-refractivity contribution in [3.63, 3.8) is 0 Å². The Morgan fingerprint density at radius 2 is 2.00 bits per heavy atom. The Bertz CT molecular complexity index is 496. The fourth-order valence-corrected chi connectivity index (χ4v) is 3.12. The lowest BCUT2D eigenvalue weighted by atomic mass is 9.96. The highest BCUT2D eigenvalue weighted by Gasteiger charge is 2.19. The Morgan fingerprint density at radius 3 is 2.65 bits per heavy atom. The molecule has 1 fully saturated rings. The summed E-state index contributed by atoms with van der Waals surface area (Å²) >= 11 is 6.26. The number of likely N-dealkylation sites (tertiary alicyclic amines) is 1. The fourth-order valence-electron chi connectivity index (χ4n) is 2.92. The van der Waals surface area contributed by atoms with Gasteiger partial charge in [-0.2, -0.15) is 0 Å². The van der Waals surface area contributed by atoms with Crippen molar-refractivity contribution in [3.8, 4) is 0 Å². The molecule has 0 radical (unpaired) electrons. The van der Waals surface area contributed by atoms with E-state index >= 15 is 0 Å². The van der Waals surface area contributed by atoms with Crippen LogP contribution < -0.4 is 10.6 Å². The van der Waals surface area contributed by atoms with Crippen LogP contribution in [0.4, 0.5) is 0 Å². The molecule has 1 saturated heterocycles. The summed E-state index contributed by atoms with van der Waals surface area (Å²) in [6.07, 6.45) is 3.56. The fraction of sp³-hybridized carbons (Fsp3) is 0.611. The third kappa shape index (κ3) is 6.04. The van der Waals surface area contributed by atoms with Gasteiger partial charge in [0.05, 0.1) is 0 Å². The lowest BCUT2D eigenvalue weighted by Crippen LogP contribution is -2.42. The van der Waals surface area contributed by atoms with Crippen molar-refractivity contribution in [2.75, 3.05) is 33.2 Å². The zero-order valence-electron chi connectivity index (χ0n) is 14.3. The van der Waals surface area contributed by atoms with E-state index in [0.717, 1.165) is 56.0 Å². The van der Waals surface area contributed by atoms with Crippen LogP contribution in [0.25, 0.3) is 0 Å². The molecule has 1 heterocycles. The quantitative estimate of drug-likeness (QED) is 0.619. The third-order valence-corrected chi connectivity index (χ3v) is 4.75. The summed E-state index contributed by atoms with van der Waals surface area (Å²) in [7, 11) is 1.83. The summed E-state index contributed by atoms with van der Waals surface area (Å²) in [5, 5.41) is 7.64. The monoisotopic (exact) mass is 336 g/mol. The van der Waals surface area contributed by atoms with E-state index in [2.05, 4.69) is 39.6 Å². The van der Waals surface area contributed by atoms with E-state index in [1.807, 2.05) is 19.2 Å². The minimum Gasteiger partial charge on any atom is -0.356 e. The first kappa shape index (κ1) is 18.1. The maximum atomic E-state index is 6.26. The summed E-state index contributed by atoms with van der Waals surface area (Å²) in [5.74, 6) is 1.64. The molecule has 0 amide bonds. The van der Waals surface area contributed by atoms with Crippen molar-refractivity contribution in [1.82, 2.24) is 15.5 Å². The van der Waals surface area contributed by atoms with Crippen LogP contribution in [0.2, 0.25) is 5.02 Å². The van der Waals surface area contributed by atoms with Gasteiger partial charge in [0.15, 0.2) is 5.96 Å². The SMILES string of the molecule is CCCNC(=NC)NCC1CCN(Cc2ccccc2Cl)CC1. The lowest BCUT2D eigenvalue weighted by Gasteiger charge is -2.32. The van der Waals surface area contributed by atoms with Gasteiger partial charge in [0.2, 0.25) is 0 Å². The van der Waals surface area contributed by atoms with Crippen LogP contribution in [0, 0.1) is 5.92 Å². The Labute approximate surface area is 145 Å². The number of benzene rings is 1. The van der Waals surface area contributed by atoms with Crippen LogP contribution >= 0.6 is 11.6 Å². The Kier molecular flexibility index (Phi) is 7.69. The number of rotatable bonds is 6. The largest absolute Gasteiger partial charge is 0.356 e. The van der Waals surface area contributed by atoms with Crippen molar-refractivity contribution in [2.24, 2.45) is 10.9 Å². The molecule has 1 aromatic carbocycles. The lowest BCUT2D eigenvalue weighted by molar-refractivity contribution is 0.178. The van der Waals surface area contributed by atoms with Gasteiger partial charge in [-0.1, -0.05) is 36.7 Å². The smallest absolute Gasteiger partial charge is 0.190 e. The van der Waals surface area contributed by atoms with Gasteiger partial charge in [0.1, 0.15) is 0 Å². The van der Waals surface area contributed by atoms with E-state index in [1.165, 1.54) is 18.4 Å². The molecule has 0 bridgehead atoms. The van der Waals surface area contributed by atoms with Crippen LogP contribution in [-0.4, -0.2) is 44.1 Å². The first-order valence-corrected chi connectivity index (χ1v) is 9.01. The van der Waals surface area contributed by atoms with Gasteiger partial charge in [-0.3, -0.25) is 9.89 Å². The molecular formula is C18H29ClN4. The summed E-state index contributed by atoms with van der Waals surface area (Å²) in [5.41, 5.74) is 1.23. The molecule has 0 aliphatic carbocycles. The van der Waals surface area contributed by atoms with E-state index in [1.54, 1.807) is 0 Å². The normalized spacial score (nSPS) is 17.3. The zero-order chi connectivity index (χ0) is 16.5. The summed E-state index contributed by atoms with van der Waals surface area (Å²) in [6, 6.07) is 8.15. The highest BCUT2D eigenvalue weighted by Crippen LogP contribution is 2.21. The molecule has 0 aromatic heterocycles. The van der Waals surface area contributed by atoms with Crippen molar-refractivity contribution in [1.29, 1.82) is 0 Å². The first-order valence-electron chi connectivity index (χ1n) is 8.63. The van der Waals surface area contributed by atoms with E-state index in [9.17, 15) is 0 Å². The number of piperidine rings is 1. The first-order chi connectivity index (χ1) is 11.2. The zero-order valence-corrected chi connectivity index (χ0v) is 15.1. The molecule has 5 heteroatoms. The molecule has 1 aliphatic heterocycles. The average molecular weight is 337 g/mol. The molecule has 0 saturated carbocycles. The van der Waals surface area contributed by atoms with Crippen molar-refractivity contribution < 1.29 is 0 Å².